The number of carbonyl (C=O) groups excluding carboxylic acids is 1. The highest BCUT2D eigenvalue weighted by atomic mass is 19.3. The standard InChI is InChI=1S/C14H18F2N6O2/c1-14(2,3)24-13(23)21-5-8-9(6-21)22(12(15)16)11(19-8)10-17-7-18-20(10)4/h7,12H,5-6H2,1-4H3. The van der Waals surface area contributed by atoms with Gasteiger partial charge in [-0.3, -0.25) is 9.47 Å². The van der Waals surface area contributed by atoms with Crippen molar-refractivity contribution in [2.45, 2.75) is 46.0 Å². The quantitative estimate of drug-likeness (QED) is 0.838. The highest BCUT2D eigenvalue weighted by Gasteiger charge is 2.35. The number of rotatable bonds is 2. The lowest BCUT2D eigenvalue weighted by Crippen LogP contribution is -2.33. The van der Waals surface area contributed by atoms with Crippen LogP contribution in [0.2, 0.25) is 0 Å². The molecule has 3 heterocycles. The number of hydrogen-bond donors (Lipinski definition) is 0. The van der Waals surface area contributed by atoms with E-state index < -0.39 is 18.2 Å². The Balaban J connectivity index is 1.92. The number of ether oxygens (including phenoxy) is 1. The molecule has 1 aliphatic rings. The zero-order valence-electron chi connectivity index (χ0n) is 13.8. The van der Waals surface area contributed by atoms with Crippen molar-refractivity contribution >= 4 is 6.09 Å². The molecule has 1 aliphatic heterocycles. The van der Waals surface area contributed by atoms with Crippen LogP contribution in [0.1, 0.15) is 38.7 Å². The largest absolute Gasteiger partial charge is 0.444 e. The van der Waals surface area contributed by atoms with Gasteiger partial charge in [-0.05, 0) is 20.8 Å². The first-order chi connectivity index (χ1) is 11.2. The number of halogens is 2. The molecule has 0 bridgehead atoms. The minimum Gasteiger partial charge on any atom is -0.444 e. The Morgan fingerprint density at radius 1 is 1.29 bits per heavy atom. The Morgan fingerprint density at radius 2 is 2.00 bits per heavy atom. The fraction of sp³-hybridized carbons (Fsp3) is 0.571. The van der Waals surface area contributed by atoms with Gasteiger partial charge in [0.25, 0.3) is 0 Å². The molecular formula is C14H18F2N6O2. The predicted octanol–water partition coefficient (Wildman–Crippen LogP) is 2.32. The van der Waals surface area contributed by atoms with Crippen molar-refractivity contribution < 1.29 is 18.3 Å². The van der Waals surface area contributed by atoms with Gasteiger partial charge in [0.15, 0.2) is 11.6 Å². The predicted molar refractivity (Wildman–Crippen MR) is 79.0 cm³/mol. The van der Waals surface area contributed by atoms with Crippen molar-refractivity contribution in [2.24, 2.45) is 7.05 Å². The molecule has 0 unspecified atom stereocenters. The van der Waals surface area contributed by atoms with Crippen LogP contribution in [-0.2, 0) is 24.9 Å². The number of hydrogen-bond acceptors (Lipinski definition) is 5. The second kappa shape index (κ2) is 5.53. The monoisotopic (exact) mass is 340 g/mol. The fourth-order valence-electron chi connectivity index (χ4n) is 2.55. The summed E-state index contributed by atoms with van der Waals surface area (Å²) in [6.07, 6.45) is 0.722. The minimum atomic E-state index is -2.80. The number of nitrogens with zero attached hydrogens (tertiary/aromatic N) is 6. The van der Waals surface area contributed by atoms with Crippen molar-refractivity contribution in [3.8, 4) is 11.6 Å². The third-order valence-corrected chi connectivity index (χ3v) is 3.53. The van der Waals surface area contributed by atoms with Crippen LogP contribution < -0.4 is 0 Å². The average molecular weight is 340 g/mol. The van der Waals surface area contributed by atoms with Crippen LogP contribution in [0.15, 0.2) is 6.33 Å². The molecule has 0 aromatic carbocycles. The Labute approximate surface area is 137 Å². The first kappa shape index (κ1) is 16.3. The molecule has 0 N–H and O–H groups in total. The average Bonchev–Trinajstić information content (AvgIpc) is 3.08. The SMILES string of the molecule is Cn1ncnc1-c1nc2c(n1C(F)F)CN(C(=O)OC(C)(C)C)C2. The number of fused-ring (bicyclic) bond motifs is 1. The van der Waals surface area contributed by atoms with E-state index in [1.54, 1.807) is 27.8 Å². The highest BCUT2D eigenvalue weighted by Crippen LogP contribution is 2.32. The fourth-order valence-corrected chi connectivity index (χ4v) is 2.55. The smallest absolute Gasteiger partial charge is 0.410 e. The Kier molecular flexibility index (Phi) is 3.77. The van der Waals surface area contributed by atoms with Gasteiger partial charge in [-0.1, -0.05) is 0 Å². The molecule has 8 nitrogen and oxygen atoms in total. The summed E-state index contributed by atoms with van der Waals surface area (Å²) in [5.74, 6) is 0.285. The second-order valence-electron chi connectivity index (χ2n) is 6.52. The summed E-state index contributed by atoms with van der Waals surface area (Å²) in [5.41, 5.74) is 0.0487. The highest BCUT2D eigenvalue weighted by molar-refractivity contribution is 5.69. The van der Waals surface area contributed by atoms with E-state index in [1.807, 2.05) is 0 Å². The maximum atomic E-state index is 13.6. The van der Waals surface area contributed by atoms with Gasteiger partial charge in [-0.25, -0.2) is 19.4 Å². The maximum Gasteiger partial charge on any atom is 0.410 e. The topological polar surface area (TPSA) is 78.1 Å². The van der Waals surface area contributed by atoms with Crippen LogP contribution in [0.5, 0.6) is 0 Å². The summed E-state index contributed by atoms with van der Waals surface area (Å²) < 4.78 is 34.6. The van der Waals surface area contributed by atoms with Crippen LogP contribution in [0, 0.1) is 0 Å². The number of aryl methyl sites for hydroxylation is 1. The number of aromatic nitrogens is 5. The third-order valence-electron chi connectivity index (χ3n) is 3.53. The molecule has 1 amide bonds. The maximum absolute atomic E-state index is 13.6. The second-order valence-corrected chi connectivity index (χ2v) is 6.52. The first-order valence-corrected chi connectivity index (χ1v) is 7.38. The summed E-state index contributed by atoms with van der Waals surface area (Å²) in [5, 5.41) is 3.88. The van der Waals surface area contributed by atoms with Gasteiger partial charge in [0.1, 0.15) is 11.9 Å². The molecule has 2 aromatic heterocycles. The van der Waals surface area contributed by atoms with Crippen molar-refractivity contribution in [1.29, 1.82) is 0 Å². The van der Waals surface area contributed by atoms with E-state index in [0.717, 1.165) is 4.57 Å². The van der Waals surface area contributed by atoms with E-state index in [4.69, 9.17) is 4.74 Å². The molecule has 10 heteroatoms. The molecule has 130 valence electrons. The number of amides is 1. The van der Waals surface area contributed by atoms with Crippen LogP contribution in [0.25, 0.3) is 11.6 Å². The van der Waals surface area contributed by atoms with E-state index in [2.05, 4.69) is 15.1 Å². The Morgan fingerprint density at radius 3 is 2.54 bits per heavy atom. The van der Waals surface area contributed by atoms with E-state index in [-0.39, 0.29) is 30.4 Å². The molecule has 0 fully saturated rings. The molecular weight excluding hydrogens is 322 g/mol. The van der Waals surface area contributed by atoms with E-state index in [1.165, 1.54) is 15.9 Å². The van der Waals surface area contributed by atoms with Gasteiger partial charge in [-0.15, -0.1) is 0 Å². The van der Waals surface area contributed by atoms with Gasteiger partial charge in [0, 0.05) is 7.05 Å². The van der Waals surface area contributed by atoms with E-state index >= 15 is 0 Å². The Hall–Kier alpha value is -2.52. The summed E-state index contributed by atoms with van der Waals surface area (Å²) in [6, 6.07) is 0. The molecule has 24 heavy (non-hydrogen) atoms. The zero-order chi connectivity index (χ0) is 17.6. The number of imidazole rings is 1. The minimum absolute atomic E-state index is 0.0133. The van der Waals surface area contributed by atoms with Gasteiger partial charge in [0.05, 0.1) is 24.5 Å². The summed E-state index contributed by atoms with van der Waals surface area (Å²) in [4.78, 5) is 21.7. The van der Waals surface area contributed by atoms with Crippen molar-refractivity contribution in [3.63, 3.8) is 0 Å². The lowest BCUT2D eigenvalue weighted by atomic mass is 10.2. The van der Waals surface area contributed by atoms with Gasteiger partial charge < -0.3 is 4.74 Å². The molecule has 0 saturated carbocycles. The molecule has 0 atom stereocenters. The van der Waals surface area contributed by atoms with E-state index in [0.29, 0.717) is 5.69 Å². The molecule has 0 aliphatic carbocycles. The van der Waals surface area contributed by atoms with Gasteiger partial charge in [-0.2, -0.15) is 13.9 Å². The Bertz CT molecular complexity index is 777. The third kappa shape index (κ3) is 2.83. The molecule has 3 rings (SSSR count). The summed E-state index contributed by atoms with van der Waals surface area (Å²) in [7, 11) is 1.60. The van der Waals surface area contributed by atoms with Crippen molar-refractivity contribution in [2.75, 3.05) is 0 Å². The summed E-state index contributed by atoms with van der Waals surface area (Å²) in [6.45, 7) is 2.58. The van der Waals surface area contributed by atoms with Crippen LogP contribution in [-0.4, -0.2) is 40.9 Å². The van der Waals surface area contributed by atoms with Crippen LogP contribution >= 0.6 is 0 Å². The number of alkyl halides is 2. The number of carbonyl (C=O) groups is 1. The lowest BCUT2D eigenvalue weighted by molar-refractivity contribution is 0.0223. The van der Waals surface area contributed by atoms with Gasteiger partial charge >= 0.3 is 12.6 Å². The van der Waals surface area contributed by atoms with E-state index in [9.17, 15) is 13.6 Å². The first-order valence-electron chi connectivity index (χ1n) is 7.38. The van der Waals surface area contributed by atoms with Gasteiger partial charge in [0.2, 0.25) is 0 Å². The lowest BCUT2D eigenvalue weighted by Gasteiger charge is -2.24. The van der Waals surface area contributed by atoms with Crippen molar-refractivity contribution in [3.05, 3.63) is 17.7 Å². The van der Waals surface area contributed by atoms with Crippen LogP contribution in [0.3, 0.4) is 0 Å². The molecule has 0 saturated heterocycles. The summed E-state index contributed by atoms with van der Waals surface area (Å²) >= 11 is 0. The molecule has 0 radical (unpaired) electrons. The molecule has 2 aromatic rings. The molecule has 0 spiro atoms. The zero-order valence-corrected chi connectivity index (χ0v) is 13.8. The normalized spacial score (nSPS) is 14.4. The van der Waals surface area contributed by atoms with Crippen molar-refractivity contribution in [1.82, 2.24) is 29.2 Å². The van der Waals surface area contributed by atoms with Crippen LogP contribution in [0.4, 0.5) is 13.6 Å².